The molecular weight excluding hydrogens is 292 g/mol. The lowest BCUT2D eigenvalue weighted by Gasteiger charge is -2.12. The number of benzene rings is 2. The van der Waals surface area contributed by atoms with Gasteiger partial charge in [-0.25, -0.2) is 0 Å². The number of fused-ring (bicyclic) bond motifs is 2. The molecule has 18 heavy (non-hydrogen) atoms. The minimum Gasteiger partial charge on any atom is -0.594 e. The van der Waals surface area contributed by atoms with Crippen LogP contribution in [0.25, 0.3) is 0 Å². The molecule has 0 saturated heterocycles. The monoisotopic (exact) mass is 302 g/mol. The molecule has 0 N–H and O–H groups in total. The van der Waals surface area contributed by atoms with E-state index in [1.165, 1.54) is 0 Å². The van der Waals surface area contributed by atoms with Crippen molar-refractivity contribution < 1.29 is 4.86 Å². The summed E-state index contributed by atoms with van der Waals surface area (Å²) in [6.45, 7) is 0. The van der Waals surface area contributed by atoms with Crippen LogP contribution in [-0.2, 0) is 12.8 Å². The number of nitrogens with zero attached hydrogens (tertiary/aromatic N) is 2. The minimum absolute atomic E-state index is 0.645. The Morgan fingerprint density at radius 3 is 2.72 bits per heavy atom. The Morgan fingerprint density at radius 1 is 1.06 bits per heavy atom. The van der Waals surface area contributed by atoms with Crippen LogP contribution in [0.15, 0.2) is 52.1 Å². The summed E-state index contributed by atoms with van der Waals surface area (Å²) < 4.78 is 1.02. The van der Waals surface area contributed by atoms with Gasteiger partial charge in [0.15, 0.2) is 0 Å². The first-order valence-corrected chi connectivity index (χ1v) is 6.58. The number of aryl methyl sites for hydroxylation is 2. The summed E-state index contributed by atoms with van der Waals surface area (Å²) in [6.07, 6.45) is 1.75. The zero-order valence-corrected chi connectivity index (χ0v) is 11.2. The van der Waals surface area contributed by atoms with Crippen LogP contribution in [0.2, 0.25) is 0 Å². The largest absolute Gasteiger partial charge is 0.594 e. The van der Waals surface area contributed by atoms with Crippen molar-refractivity contribution in [3.63, 3.8) is 0 Å². The zero-order valence-electron chi connectivity index (χ0n) is 9.64. The topological polar surface area (TPSA) is 38.4 Å². The van der Waals surface area contributed by atoms with Gasteiger partial charge in [0, 0.05) is 21.2 Å². The molecule has 0 radical (unpaired) electrons. The van der Waals surface area contributed by atoms with Gasteiger partial charge in [-0.05, 0) is 41.5 Å². The Labute approximate surface area is 113 Å². The lowest BCUT2D eigenvalue weighted by atomic mass is 10.0. The van der Waals surface area contributed by atoms with Gasteiger partial charge in [-0.1, -0.05) is 34.1 Å². The molecule has 0 fully saturated rings. The molecule has 0 atom stereocenters. The van der Waals surface area contributed by atoms with Gasteiger partial charge in [-0.2, -0.15) is 0 Å². The van der Waals surface area contributed by atoms with Gasteiger partial charge in [0.05, 0.1) is 0 Å². The molecule has 90 valence electrons. The summed E-state index contributed by atoms with van der Waals surface area (Å²) in [7, 11) is 0. The van der Waals surface area contributed by atoms with Gasteiger partial charge in [-0.3, -0.25) is 0 Å². The fourth-order valence-electron chi connectivity index (χ4n) is 2.18. The third-order valence-corrected chi connectivity index (χ3v) is 3.59. The predicted octanol–water partition coefficient (Wildman–Crippen LogP) is 4.47. The number of hydrogen-bond acceptors (Lipinski definition) is 2. The minimum atomic E-state index is 0.645. The molecule has 0 aromatic heterocycles. The summed E-state index contributed by atoms with van der Waals surface area (Å²) in [4.78, 5) is 0.723. The first-order chi connectivity index (χ1) is 8.74. The van der Waals surface area contributed by atoms with E-state index in [9.17, 15) is 5.21 Å². The number of rotatable bonds is 0. The van der Waals surface area contributed by atoms with Gasteiger partial charge < -0.3 is 5.21 Å². The molecule has 1 heterocycles. The maximum Gasteiger partial charge on any atom is 0.248 e. The third-order valence-electron chi connectivity index (χ3n) is 3.10. The standard InChI is InChI=1S/C14H11BrN2O/c15-12-7-8-13-11(9-12)6-5-10-3-1-2-4-14(10)17(18)16-13/h1-4,7-9H,5-6H2. The molecule has 1 aliphatic rings. The molecule has 0 spiro atoms. The molecular formula is C14H11BrN2O. The average Bonchev–Trinajstić information content (AvgIpc) is 2.37. The Hall–Kier alpha value is -1.68. The van der Waals surface area contributed by atoms with Crippen LogP contribution in [-0.4, -0.2) is 4.86 Å². The van der Waals surface area contributed by atoms with Crippen LogP contribution < -0.4 is 0 Å². The highest BCUT2D eigenvalue weighted by molar-refractivity contribution is 9.10. The highest BCUT2D eigenvalue weighted by atomic mass is 79.9. The van der Waals surface area contributed by atoms with Gasteiger partial charge in [0.1, 0.15) is 5.69 Å². The van der Waals surface area contributed by atoms with Crippen LogP contribution in [0, 0.1) is 5.21 Å². The second kappa shape index (κ2) is 4.53. The van der Waals surface area contributed by atoms with Crippen molar-refractivity contribution in [1.82, 2.24) is 0 Å². The summed E-state index contributed by atoms with van der Waals surface area (Å²) in [6, 6.07) is 13.4. The molecule has 3 rings (SSSR count). The van der Waals surface area contributed by atoms with Gasteiger partial charge in [-0.15, -0.1) is 0 Å². The molecule has 2 aromatic rings. The summed E-state index contributed by atoms with van der Waals surface area (Å²) in [5.41, 5.74) is 3.54. The molecule has 0 aliphatic carbocycles. The first kappa shape index (κ1) is 11.4. The van der Waals surface area contributed by atoms with Crippen molar-refractivity contribution in [1.29, 1.82) is 0 Å². The van der Waals surface area contributed by atoms with Crippen molar-refractivity contribution in [2.75, 3.05) is 0 Å². The molecule has 0 bridgehead atoms. The molecule has 3 nitrogen and oxygen atoms in total. The SMILES string of the molecule is [O-][N+]1=Nc2ccc(Br)cc2CCc2ccccc21. The lowest BCUT2D eigenvalue weighted by Crippen LogP contribution is -2.02. The first-order valence-electron chi connectivity index (χ1n) is 5.79. The Kier molecular flexibility index (Phi) is 2.88. The van der Waals surface area contributed by atoms with Crippen LogP contribution in [0.5, 0.6) is 0 Å². The Morgan fingerprint density at radius 2 is 1.83 bits per heavy atom. The van der Waals surface area contributed by atoms with Crippen molar-refractivity contribution in [2.45, 2.75) is 12.8 Å². The van der Waals surface area contributed by atoms with E-state index in [1.807, 2.05) is 42.5 Å². The molecule has 0 saturated carbocycles. The van der Waals surface area contributed by atoms with E-state index in [2.05, 4.69) is 21.0 Å². The van der Waals surface area contributed by atoms with E-state index in [-0.39, 0.29) is 0 Å². The Balaban J connectivity index is 2.17. The number of azo groups is 1. The van der Waals surface area contributed by atoms with E-state index in [0.29, 0.717) is 5.69 Å². The fraction of sp³-hybridized carbons (Fsp3) is 0.143. The molecule has 0 unspecified atom stereocenters. The van der Waals surface area contributed by atoms with Crippen LogP contribution in [0.3, 0.4) is 0 Å². The second-order valence-electron chi connectivity index (χ2n) is 4.27. The van der Waals surface area contributed by atoms with Gasteiger partial charge in [0.25, 0.3) is 0 Å². The number of hydrogen-bond donors (Lipinski definition) is 0. The van der Waals surface area contributed by atoms with E-state index >= 15 is 0 Å². The van der Waals surface area contributed by atoms with Crippen molar-refractivity contribution in [3.05, 3.63) is 63.3 Å². The summed E-state index contributed by atoms with van der Waals surface area (Å²) >= 11 is 3.45. The lowest BCUT2D eigenvalue weighted by molar-refractivity contribution is -0.436. The maximum atomic E-state index is 12.0. The van der Waals surface area contributed by atoms with E-state index < -0.39 is 0 Å². The summed E-state index contributed by atoms with van der Waals surface area (Å²) in [5, 5.41) is 16.2. The molecule has 1 aliphatic heterocycles. The fourth-order valence-corrected chi connectivity index (χ4v) is 2.59. The van der Waals surface area contributed by atoms with Crippen molar-refractivity contribution >= 4 is 27.3 Å². The summed E-state index contributed by atoms with van der Waals surface area (Å²) in [5.74, 6) is 0. The number of halogens is 1. The van der Waals surface area contributed by atoms with Gasteiger partial charge in [0.2, 0.25) is 5.69 Å². The van der Waals surface area contributed by atoms with E-state index in [0.717, 1.165) is 39.0 Å². The number of para-hydroxylation sites is 1. The third kappa shape index (κ3) is 2.04. The molecule has 2 aromatic carbocycles. The van der Waals surface area contributed by atoms with Crippen LogP contribution in [0.4, 0.5) is 11.4 Å². The molecule has 4 heteroatoms. The second-order valence-corrected chi connectivity index (χ2v) is 5.19. The van der Waals surface area contributed by atoms with Crippen LogP contribution >= 0.6 is 15.9 Å². The zero-order chi connectivity index (χ0) is 12.5. The van der Waals surface area contributed by atoms with Crippen molar-refractivity contribution in [3.8, 4) is 0 Å². The van der Waals surface area contributed by atoms with E-state index in [4.69, 9.17) is 0 Å². The van der Waals surface area contributed by atoms with Crippen LogP contribution in [0.1, 0.15) is 11.1 Å². The average molecular weight is 303 g/mol. The highest BCUT2D eigenvalue weighted by Gasteiger charge is 2.16. The van der Waals surface area contributed by atoms with E-state index in [1.54, 1.807) is 0 Å². The molecule has 0 amide bonds. The Bertz CT molecular complexity index is 637. The predicted molar refractivity (Wildman–Crippen MR) is 73.4 cm³/mol. The highest BCUT2D eigenvalue weighted by Crippen LogP contribution is 2.30. The van der Waals surface area contributed by atoms with Crippen molar-refractivity contribution in [2.24, 2.45) is 5.11 Å². The van der Waals surface area contributed by atoms with Gasteiger partial charge >= 0.3 is 0 Å². The quantitative estimate of drug-likeness (QED) is 0.522. The maximum absolute atomic E-state index is 12.0. The smallest absolute Gasteiger partial charge is 0.248 e. The normalized spacial score (nSPS) is 13.9.